The summed E-state index contributed by atoms with van der Waals surface area (Å²) in [6.45, 7) is 4.54. The molecule has 3 aliphatic rings. The average Bonchev–Trinajstić information content (AvgIpc) is 3.18. The Morgan fingerprint density at radius 2 is 1.72 bits per heavy atom. The van der Waals surface area contributed by atoms with Crippen molar-refractivity contribution in [3.63, 3.8) is 0 Å². The molecule has 2 amide bonds. The zero-order chi connectivity index (χ0) is 20.1. The fourth-order valence-electron chi connectivity index (χ4n) is 5.43. The molecular formula is C24H35N3O2. The molecule has 0 radical (unpaired) electrons. The number of amides is 2. The molecule has 2 heterocycles. The van der Waals surface area contributed by atoms with Gasteiger partial charge in [-0.05, 0) is 62.9 Å². The summed E-state index contributed by atoms with van der Waals surface area (Å²) < 4.78 is 0. The van der Waals surface area contributed by atoms with Crippen molar-refractivity contribution in [3.8, 4) is 0 Å². The van der Waals surface area contributed by atoms with Gasteiger partial charge < -0.3 is 10.2 Å². The molecule has 0 unspecified atom stereocenters. The van der Waals surface area contributed by atoms with Crippen molar-refractivity contribution in [1.82, 2.24) is 15.1 Å². The van der Waals surface area contributed by atoms with Crippen molar-refractivity contribution in [2.45, 2.75) is 76.3 Å². The van der Waals surface area contributed by atoms with Gasteiger partial charge in [-0.15, -0.1) is 0 Å². The molecule has 0 aromatic heterocycles. The molecule has 1 aromatic carbocycles. The first kappa shape index (κ1) is 20.4. The van der Waals surface area contributed by atoms with Crippen molar-refractivity contribution in [3.05, 3.63) is 35.4 Å². The van der Waals surface area contributed by atoms with E-state index in [4.69, 9.17) is 0 Å². The molecule has 29 heavy (non-hydrogen) atoms. The third-order valence-corrected chi connectivity index (χ3v) is 7.12. The van der Waals surface area contributed by atoms with Crippen LogP contribution in [0.2, 0.25) is 0 Å². The van der Waals surface area contributed by atoms with Gasteiger partial charge in [0.2, 0.25) is 5.91 Å². The highest BCUT2D eigenvalue weighted by molar-refractivity contribution is 5.94. The molecule has 2 aliphatic heterocycles. The van der Waals surface area contributed by atoms with Crippen LogP contribution in [-0.4, -0.2) is 53.3 Å². The van der Waals surface area contributed by atoms with Crippen LogP contribution in [0, 0.1) is 0 Å². The second-order valence-corrected chi connectivity index (χ2v) is 9.13. The van der Waals surface area contributed by atoms with Crippen LogP contribution in [0.4, 0.5) is 0 Å². The van der Waals surface area contributed by atoms with Crippen LogP contribution in [0.5, 0.6) is 0 Å². The molecule has 2 saturated heterocycles. The Labute approximate surface area is 174 Å². The van der Waals surface area contributed by atoms with Crippen molar-refractivity contribution in [1.29, 1.82) is 0 Å². The van der Waals surface area contributed by atoms with Gasteiger partial charge in [0.15, 0.2) is 0 Å². The smallest absolute Gasteiger partial charge is 0.251 e. The number of carbonyl (C=O) groups is 2. The third kappa shape index (κ3) is 4.82. The Kier molecular flexibility index (Phi) is 6.53. The largest absolute Gasteiger partial charge is 0.350 e. The summed E-state index contributed by atoms with van der Waals surface area (Å²) in [4.78, 5) is 29.4. The summed E-state index contributed by atoms with van der Waals surface area (Å²) in [7, 11) is 0. The third-order valence-electron chi connectivity index (χ3n) is 7.12. The summed E-state index contributed by atoms with van der Waals surface area (Å²) in [5.74, 6) is 0.238. The van der Waals surface area contributed by atoms with E-state index in [9.17, 15) is 9.59 Å². The van der Waals surface area contributed by atoms with E-state index < -0.39 is 0 Å². The highest BCUT2D eigenvalue weighted by atomic mass is 16.2. The molecule has 1 aliphatic carbocycles. The van der Waals surface area contributed by atoms with Crippen LogP contribution in [-0.2, 0) is 11.3 Å². The standard InChI is InChI=1S/C24H35N3O2/c28-22-11-8-14-26(22)18-20-9-7-10-21(17-20)23(29)25-19-24(12-3-1-4-13-24)27-15-5-2-6-16-27/h7,9-10,17H,1-6,8,11-16,18-19H2,(H,25,29). The molecule has 0 atom stereocenters. The maximum Gasteiger partial charge on any atom is 0.251 e. The number of nitrogens with one attached hydrogen (secondary N) is 1. The summed E-state index contributed by atoms with van der Waals surface area (Å²) in [5, 5.41) is 3.28. The molecule has 4 rings (SSSR count). The van der Waals surface area contributed by atoms with E-state index >= 15 is 0 Å². The minimum absolute atomic E-state index is 0.0153. The fraction of sp³-hybridized carbons (Fsp3) is 0.667. The Bertz CT molecular complexity index is 721. The quantitative estimate of drug-likeness (QED) is 0.796. The monoisotopic (exact) mass is 397 g/mol. The van der Waals surface area contributed by atoms with Gasteiger partial charge >= 0.3 is 0 Å². The zero-order valence-corrected chi connectivity index (χ0v) is 17.6. The van der Waals surface area contributed by atoms with E-state index in [1.807, 2.05) is 29.2 Å². The van der Waals surface area contributed by atoms with E-state index in [-0.39, 0.29) is 17.4 Å². The molecule has 158 valence electrons. The molecule has 5 heteroatoms. The minimum atomic E-state index is 0.0153. The molecule has 1 aromatic rings. The van der Waals surface area contributed by atoms with E-state index in [0.717, 1.165) is 25.1 Å². The first-order chi connectivity index (χ1) is 14.2. The SMILES string of the molecule is O=C(NCC1(N2CCCCC2)CCCCC1)c1cccc(CN2CCCC2=O)c1. The van der Waals surface area contributed by atoms with E-state index in [1.54, 1.807) is 0 Å². The number of likely N-dealkylation sites (tertiary alicyclic amines) is 2. The predicted octanol–water partition coefficient (Wildman–Crippen LogP) is 3.73. The van der Waals surface area contributed by atoms with Crippen LogP contribution in [0.15, 0.2) is 24.3 Å². The zero-order valence-electron chi connectivity index (χ0n) is 17.6. The normalized spacial score (nSPS) is 22.6. The van der Waals surface area contributed by atoms with Crippen molar-refractivity contribution < 1.29 is 9.59 Å². The number of hydrogen-bond acceptors (Lipinski definition) is 3. The van der Waals surface area contributed by atoms with Crippen LogP contribution in [0.1, 0.15) is 80.1 Å². The van der Waals surface area contributed by atoms with Crippen molar-refractivity contribution in [2.75, 3.05) is 26.2 Å². The molecule has 0 bridgehead atoms. The summed E-state index contributed by atoms with van der Waals surface area (Å²) >= 11 is 0. The molecule has 3 fully saturated rings. The maximum absolute atomic E-state index is 13.0. The van der Waals surface area contributed by atoms with Crippen LogP contribution >= 0.6 is 0 Å². The lowest BCUT2D eigenvalue weighted by Crippen LogP contribution is -2.58. The van der Waals surface area contributed by atoms with Crippen LogP contribution in [0.25, 0.3) is 0 Å². The highest BCUT2D eigenvalue weighted by Crippen LogP contribution is 2.35. The minimum Gasteiger partial charge on any atom is -0.350 e. The number of benzene rings is 1. The summed E-state index contributed by atoms with van der Waals surface area (Å²) in [6, 6.07) is 7.79. The topological polar surface area (TPSA) is 52.7 Å². The van der Waals surface area contributed by atoms with Gasteiger partial charge in [0.1, 0.15) is 0 Å². The van der Waals surface area contributed by atoms with E-state index in [2.05, 4.69) is 10.2 Å². The average molecular weight is 398 g/mol. The summed E-state index contributed by atoms with van der Waals surface area (Å²) in [6.07, 6.45) is 11.8. The second-order valence-electron chi connectivity index (χ2n) is 9.13. The van der Waals surface area contributed by atoms with Crippen LogP contribution < -0.4 is 5.32 Å². The first-order valence-electron chi connectivity index (χ1n) is 11.6. The molecule has 0 spiro atoms. The van der Waals surface area contributed by atoms with Crippen molar-refractivity contribution >= 4 is 11.8 Å². The Morgan fingerprint density at radius 3 is 2.45 bits per heavy atom. The fourth-order valence-corrected chi connectivity index (χ4v) is 5.43. The van der Waals surface area contributed by atoms with E-state index in [1.165, 1.54) is 64.5 Å². The number of rotatable bonds is 6. The molecular weight excluding hydrogens is 362 g/mol. The van der Waals surface area contributed by atoms with Gasteiger partial charge in [0.25, 0.3) is 5.91 Å². The molecule has 1 saturated carbocycles. The van der Waals surface area contributed by atoms with Crippen LogP contribution in [0.3, 0.4) is 0 Å². The number of hydrogen-bond donors (Lipinski definition) is 1. The van der Waals surface area contributed by atoms with E-state index in [0.29, 0.717) is 18.5 Å². The lowest BCUT2D eigenvalue weighted by molar-refractivity contribution is -0.128. The van der Waals surface area contributed by atoms with Gasteiger partial charge in [0.05, 0.1) is 0 Å². The molecule has 5 nitrogen and oxygen atoms in total. The lowest BCUT2D eigenvalue weighted by Gasteiger charge is -2.48. The Morgan fingerprint density at radius 1 is 0.966 bits per heavy atom. The van der Waals surface area contributed by atoms with Crippen molar-refractivity contribution in [2.24, 2.45) is 0 Å². The van der Waals surface area contributed by atoms with Gasteiger partial charge in [-0.25, -0.2) is 0 Å². The number of nitrogens with zero attached hydrogens (tertiary/aromatic N) is 2. The first-order valence-corrected chi connectivity index (χ1v) is 11.6. The second kappa shape index (κ2) is 9.29. The van der Waals surface area contributed by atoms with Gasteiger partial charge in [0, 0.05) is 37.2 Å². The molecule has 1 N–H and O–H groups in total. The van der Waals surface area contributed by atoms with Gasteiger partial charge in [-0.1, -0.05) is 37.8 Å². The summed E-state index contributed by atoms with van der Waals surface area (Å²) in [5.41, 5.74) is 1.89. The van der Waals surface area contributed by atoms with Gasteiger partial charge in [-0.3, -0.25) is 14.5 Å². The lowest BCUT2D eigenvalue weighted by atomic mass is 9.79. The van der Waals surface area contributed by atoms with Gasteiger partial charge in [-0.2, -0.15) is 0 Å². The highest BCUT2D eigenvalue weighted by Gasteiger charge is 2.38. The Hall–Kier alpha value is -1.88. The maximum atomic E-state index is 13.0. The number of carbonyl (C=O) groups excluding carboxylic acids is 2. The number of piperidine rings is 1. The predicted molar refractivity (Wildman–Crippen MR) is 115 cm³/mol. The Balaban J connectivity index is 1.40.